The summed E-state index contributed by atoms with van der Waals surface area (Å²) in [6, 6.07) is 5.15. The van der Waals surface area contributed by atoms with Crippen LogP contribution in [0.1, 0.15) is 32.8 Å². The molecule has 0 unspecified atom stereocenters. The van der Waals surface area contributed by atoms with Gasteiger partial charge in [-0.1, -0.05) is 0 Å². The Hall–Kier alpha value is -2.31. The number of amides is 1. The Bertz CT molecular complexity index is 625. The summed E-state index contributed by atoms with van der Waals surface area (Å²) in [6.07, 6.45) is 0.541. The zero-order chi connectivity index (χ0) is 17.9. The van der Waals surface area contributed by atoms with Crippen molar-refractivity contribution in [1.82, 2.24) is 4.90 Å². The van der Waals surface area contributed by atoms with E-state index in [1.807, 2.05) is 26.8 Å². The van der Waals surface area contributed by atoms with Crippen molar-refractivity contribution in [2.45, 2.75) is 39.7 Å². The molecule has 1 aromatic rings. The van der Waals surface area contributed by atoms with E-state index in [2.05, 4.69) is 4.90 Å². The van der Waals surface area contributed by atoms with Crippen molar-refractivity contribution in [2.24, 2.45) is 0 Å². The Morgan fingerprint density at radius 3 is 2.50 bits per heavy atom. The number of aryl methyl sites for hydroxylation is 1. The lowest BCUT2D eigenvalue weighted by Gasteiger charge is -2.27. The maximum Gasteiger partial charge on any atom is 0.410 e. The van der Waals surface area contributed by atoms with E-state index < -0.39 is 5.60 Å². The maximum absolute atomic E-state index is 12.2. The van der Waals surface area contributed by atoms with Gasteiger partial charge < -0.3 is 14.5 Å². The van der Waals surface area contributed by atoms with Crippen molar-refractivity contribution in [3.05, 3.63) is 33.9 Å². The number of hydrogen-bond donors (Lipinski definition) is 0. The first-order valence-corrected chi connectivity index (χ1v) is 8.15. The standard InChI is InChI=1S/C17H25N3O4/c1-13-12-14(6-7-15(13)20(22)23)18-8-5-9-19(11-10-18)16(21)24-17(2,3)4/h6-7,12H,5,8-11H2,1-4H3. The topological polar surface area (TPSA) is 75.9 Å². The summed E-state index contributed by atoms with van der Waals surface area (Å²) in [5.41, 5.74) is 1.22. The van der Waals surface area contributed by atoms with Gasteiger partial charge in [-0.15, -0.1) is 0 Å². The molecule has 1 saturated heterocycles. The van der Waals surface area contributed by atoms with Gasteiger partial charge in [0.25, 0.3) is 5.69 Å². The third kappa shape index (κ3) is 4.59. The Balaban J connectivity index is 2.04. The van der Waals surface area contributed by atoms with E-state index in [0.717, 1.165) is 18.7 Å². The Morgan fingerprint density at radius 1 is 1.21 bits per heavy atom. The van der Waals surface area contributed by atoms with Crippen LogP contribution in [0.15, 0.2) is 18.2 Å². The summed E-state index contributed by atoms with van der Waals surface area (Å²) in [7, 11) is 0. The van der Waals surface area contributed by atoms with Gasteiger partial charge in [0.15, 0.2) is 0 Å². The van der Waals surface area contributed by atoms with Crippen LogP contribution in [0.4, 0.5) is 16.2 Å². The molecule has 0 atom stereocenters. The highest BCUT2D eigenvalue weighted by Gasteiger charge is 2.25. The second kappa shape index (κ2) is 7.07. The molecule has 132 valence electrons. The minimum absolute atomic E-state index is 0.129. The number of carbonyl (C=O) groups excluding carboxylic acids is 1. The quantitative estimate of drug-likeness (QED) is 0.612. The van der Waals surface area contributed by atoms with E-state index in [0.29, 0.717) is 25.2 Å². The van der Waals surface area contributed by atoms with Crippen molar-refractivity contribution in [3.63, 3.8) is 0 Å². The fourth-order valence-electron chi connectivity index (χ4n) is 2.73. The highest BCUT2D eigenvalue weighted by atomic mass is 16.6. The van der Waals surface area contributed by atoms with Gasteiger partial charge in [-0.3, -0.25) is 10.1 Å². The summed E-state index contributed by atoms with van der Waals surface area (Å²) in [5.74, 6) is 0. The van der Waals surface area contributed by atoms with Crippen LogP contribution in [0.2, 0.25) is 0 Å². The Labute approximate surface area is 142 Å². The molecular formula is C17H25N3O4. The summed E-state index contributed by atoms with van der Waals surface area (Å²) < 4.78 is 5.43. The first-order chi connectivity index (χ1) is 11.2. The lowest BCUT2D eigenvalue weighted by Crippen LogP contribution is -2.39. The Morgan fingerprint density at radius 2 is 1.92 bits per heavy atom. The third-order valence-electron chi connectivity index (χ3n) is 3.89. The molecule has 0 aromatic heterocycles. The lowest BCUT2D eigenvalue weighted by molar-refractivity contribution is -0.385. The van der Waals surface area contributed by atoms with Crippen LogP contribution in [-0.2, 0) is 4.74 Å². The SMILES string of the molecule is Cc1cc(N2CCCN(C(=O)OC(C)(C)C)CC2)ccc1[N+](=O)[O-]. The monoisotopic (exact) mass is 335 g/mol. The van der Waals surface area contributed by atoms with Crippen molar-refractivity contribution in [3.8, 4) is 0 Å². The van der Waals surface area contributed by atoms with Gasteiger partial charge in [0.05, 0.1) is 4.92 Å². The third-order valence-corrected chi connectivity index (χ3v) is 3.89. The summed E-state index contributed by atoms with van der Waals surface area (Å²) >= 11 is 0. The first kappa shape index (κ1) is 18.0. The smallest absolute Gasteiger partial charge is 0.410 e. The lowest BCUT2D eigenvalue weighted by atomic mass is 10.1. The molecule has 0 N–H and O–H groups in total. The Kier molecular flexibility index (Phi) is 5.31. The van der Waals surface area contributed by atoms with Crippen molar-refractivity contribution in [2.75, 3.05) is 31.1 Å². The summed E-state index contributed by atoms with van der Waals surface area (Å²) in [5, 5.41) is 10.9. The minimum Gasteiger partial charge on any atom is -0.444 e. The van der Waals surface area contributed by atoms with E-state index in [1.165, 1.54) is 0 Å². The number of rotatable bonds is 2. The van der Waals surface area contributed by atoms with E-state index >= 15 is 0 Å². The number of nitrogens with zero attached hydrogens (tertiary/aromatic N) is 3. The molecule has 1 fully saturated rings. The number of nitro groups is 1. The van der Waals surface area contributed by atoms with E-state index in [4.69, 9.17) is 4.74 Å². The molecule has 24 heavy (non-hydrogen) atoms. The zero-order valence-corrected chi connectivity index (χ0v) is 14.7. The molecule has 0 aliphatic carbocycles. The highest BCUT2D eigenvalue weighted by Crippen LogP contribution is 2.25. The molecule has 0 saturated carbocycles. The summed E-state index contributed by atoms with van der Waals surface area (Å²) in [6.45, 7) is 10.0. The number of hydrogen-bond acceptors (Lipinski definition) is 5. The first-order valence-electron chi connectivity index (χ1n) is 8.15. The molecule has 1 aliphatic rings. The number of anilines is 1. The highest BCUT2D eigenvalue weighted by molar-refractivity contribution is 5.68. The van der Waals surface area contributed by atoms with Gasteiger partial charge >= 0.3 is 6.09 Å². The van der Waals surface area contributed by atoms with Crippen molar-refractivity contribution in [1.29, 1.82) is 0 Å². The van der Waals surface area contributed by atoms with Crippen LogP contribution in [0, 0.1) is 17.0 Å². The van der Waals surface area contributed by atoms with Crippen LogP contribution in [0.5, 0.6) is 0 Å². The van der Waals surface area contributed by atoms with Crippen LogP contribution in [0.25, 0.3) is 0 Å². The fourth-order valence-corrected chi connectivity index (χ4v) is 2.73. The molecule has 1 amide bonds. The molecule has 1 aromatic carbocycles. The molecule has 0 spiro atoms. The molecule has 7 nitrogen and oxygen atoms in total. The van der Waals surface area contributed by atoms with Gasteiger partial charge in [-0.05, 0) is 46.2 Å². The van der Waals surface area contributed by atoms with E-state index in [9.17, 15) is 14.9 Å². The van der Waals surface area contributed by atoms with Crippen LogP contribution in [-0.4, -0.2) is 47.7 Å². The van der Waals surface area contributed by atoms with Crippen molar-refractivity contribution >= 4 is 17.5 Å². The zero-order valence-electron chi connectivity index (χ0n) is 14.7. The molecule has 2 rings (SSSR count). The predicted octanol–water partition coefficient (Wildman–Crippen LogP) is 3.35. The maximum atomic E-state index is 12.2. The molecule has 1 heterocycles. The van der Waals surface area contributed by atoms with Crippen molar-refractivity contribution < 1.29 is 14.5 Å². The van der Waals surface area contributed by atoms with E-state index in [-0.39, 0.29) is 16.7 Å². The average molecular weight is 335 g/mol. The van der Waals surface area contributed by atoms with Crippen LogP contribution < -0.4 is 4.90 Å². The average Bonchev–Trinajstić information content (AvgIpc) is 2.70. The number of ether oxygens (including phenoxy) is 1. The van der Waals surface area contributed by atoms with Crippen LogP contribution in [0.3, 0.4) is 0 Å². The van der Waals surface area contributed by atoms with Gasteiger partial charge in [0, 0.05) is 43.5 Å². The number of carbonyl (C=O) groups is 1. The number of benzene rings is 1. The van der Waals surface area contributed by atoms with E-state index in [1.54, 1.807) is 24.0 Å². The summed E-state index contributed by atoms with van der Waals surface area (Å²) in [4.78, 5) is 26.6. The number of nitro benzene ring substituents is 1. The molecule has 1 aliphatic heterocycles. The minimum atomic E-state index is -0.501. The second-order valence-corrected chi connectivity index (χ2v) is 7.04. The van der Waals surface area contributed by atoms with Gasteiger partial charge in [-0.25, -0.2) is 4.79 Å². The van der Waals surface area contributed by atoms with Gasteiger partial charge in [0.1, 0.15) is 5.60 Å². The normalized spacial score (nSPS) is 15.8. The van der Waals surface area contributed by atoms with Gasteiger partial charge in [-0.2, -0.15) is 0 Å². The van der Waals surface area contributed by atoms with Gasteiger partial charge in [0.2, 0.25) is 0 Å². The molecule has 0 radical (unpaired) electrons. The molecule has 0 bridgehead atoms. The predicted molar refractivity (Wildman–Crippen MR) is 92.5 cm³/mol. The molecular weight excluding hydrogens is 310 g/mol. The molecule has 7 heteroatoms. The largest absolute Gasteiger partial charge is 0.444 e. The second-order valence-electron chi connectivity index (χ2n) is 7.04. The van der Waals surface area contributed by atoms with Crippen LogP contribution >= 0.6 is 0 Å². The fraction of sp³-hybridized carbons (Fsp3) is 0.588.